The van der Waals surface area contributed by atoms with Crippen LogP contribution in [-0.4, -0.2) is 35.9 Å². The summed E-state index contributed by atoms with van der Waals surface area (Å²) in [5.74, 6) is 0.0236. The molecule has 0 aliphatic heterocycles. The standard InChI is InChI=1S/C17H23N3OS/c1-12-5-6-15(13(2)9-12)19-17(21)10-20(4)8-7-16-14(3)18-11-22-16/h5-6,9,11H,7-8,10H2,1-4H3,(H,19,21). The Morgan fingerprint density at radius 2 is 2.09 bits per heavy atom. The fraction of sp³-hybridized carbons (Fsp3) is 0.412. The lowest BCUT2D eigenvalue weighted by atomic mass is 10.1. The van der Waals surface area contributed by atoms with E-state index in [1.807, 2.05) is 50.4 Å². The number of hydrogen-bond acceptors (Lipinski definition) is 4. The van der Waals surface area contributed by atoms with Crippen LogP contribution in [0.4, 0.5) is 5.69 Å². The van der Waals surface area contributed by atoms with E-state index in [1.165, 1.54) is 10.4 Å². The van der Waals surface area contributed by atoms with Gasteiger partial charge in [0, 0.05) is 17.1 Å². The van der Waals surface area contributed by atoms with Gasteiger partial charge in [0.1, 0.15) is 0 Å². The Bertz CT molecular complexity index is 651. The van der Waals surface area contributed by atoms with E-state index in [-0.39, 0.29) is 5.91 Å². The molecule has 1 heterocycles. The highest BCUT2D eigenvalue weighted by Crippen LogP contribution is 2.16. The molecular weight excluding hydrogens is 294 g/mol. The van der Waals surface area contributed by atoms with Crippen molar-refractivity contribution in [2.24, 2.45) is 0 Å². The summed E-state index contributed by atoms with van der Waals surface area (Å²) in [6.45, 7) is 7.33. The van der Waals surface area contributed by atoms with Crippen LogP contribution in [0.3, 0.4) is 0 Å². The number of carbonyl (C=O) groups is 1. The quantitative estimate of drug-likeness (QED) is 0.890. The molecule has 0 saturated heterocycles. The first-order chi connectivity index (χ1) is 10.5. The third-order valence-corrected chi connectivity index (χ3v) is 4.63. The van der Waals surface area contributed by atoms with Crippen molar-refractivity contribution in [3.8, 4) is 0 Å². The van der Waals surface area contributed by atoms with Crippen LogP contribution in [0.25, 0.3) is 0 Å². The predicted octanol–water partition coefficient (Wildman–Crippen LogP) is 3.18. The monoisotopic (exact) mass is 317 g/mol. The molecule has 0 saturated carbocycles. The lowest BCUT2D eigenvalue weighted by Gasteiger charge is -2.16. The maximum atomic E-state index is 12.1. The Kier molecular flexibility index (Phi) is 5.69. The zero-order valence-electron chi connectivity index (χ0n) is 13.6. The van der Waals surface area contributed by atoms with E-state index in [1.54, 1.807) is 11.3 Å². The van der Waals surface area contributed by atoms with Crippen molar-refractivity contribution in [3.05, 3.63) is 45.4 Å². The highest BCUT2D eigenvalue weighted by molar-refractivity contribution is 7.09. The number of rotatable bonds is 6. The topological polar surface area (TPSA) is 45.2 Å². The second-order valence-corrected chi connectivity index (χ2v) is 6.65. The first-order valence-corrected chi connectivity index (χ1v) is 8.28. The normalized spacial score (nSPS) is 11.0. The van der Waals surface area contributed by atoms with Crippen LogP contribution in [0.15, 0.2) is 23.7 Å². The average molecular weight is 317 g/mol. The first-order valence-electron chi connectivity index (χ1n) is 7.40. The van der Waals surface area contributed by atoms with Crippen molar-refractivity contribution in [1.82, 2.24) is 9.88 Å². The molecule has 0 bridgehead atoms. The van der Waals surface area contributed by atoms with Crippen LogP contribution in [-0.2, 0) is 11.2 Å². The number of nitrogens with one attached hydrogen (secondary N) is 1. The van der Waals surface area contributed by atoms with E-state index >= 15 is 0 Å². The number of aryl methyl sites for hydroxylation is 3. The largest absolute Gasteiger partial charge is 0.325 e. The molecule has 4 nitrogen and oxygen atoms in total. The fourth-order valence-electron chi connectivity index (χ4n) is 2.33. The van der Waals surface area contributed by atoms with Gasteiger partial charge in [0.05, 0.1) is 17.7 Å². The highest BCUT2D eigenvalue weighted by atomic mass is 32.1. The van der Waals surface area contributed by atoms with Crippen LogP contribution in [0.5, 0.6) is 0 Å². The molecule has 1 aromatic heterocycles. The maximum Gasteiger partial charge on any atom is 0.238 e. The third kappa shape index (κ3) is 4.64. The van der Waals surface area contributed by atoms with Gasteiger partial charge in [-0.05, 0) is 45.9 Å². The number of aromatic nitrogens is 1. The van der Waals surface area contributed by atoms with Crippen LogP contribution in [0.1, 0.15) is 21.7 Å². The minimum Gasteiger partial charge on any atom is -0.325 e. The molecule has 0 spiro atoms. The van der Waals surface area contributed by atoms with Crippen molar-refractivity contribution in [2.75, 3.05) is 25.5 Å². The molecule has 0 aliphatic carbocycles. The van der Waals surface area contributed by atoms with Crippen LogP contribution in [0.2, 0.25) is 0 Å². The van der Waals surface area contributed by atoms with Gasteiger partial charge in [0.25, 0.3) is 0 Å². The van der Waals surface area contributed by atoms with Crippen molar-refractivity contribution < 1.29 is 4.79 Å². The number of likely N-dealkylation sites (N-methyl/N-ethyl adjacent to an activating group) is 1. The third-order valence-electron chi connectivity index (χ3n) is 3.63. The van der Waals surface area contributed by atoms with Gasteiger partial charge in [-0.25, -0.2) is 4.98 Å². The molecule has 2 aromatic rings. The summed E-state index contributed by atoms with van der Waals surface area (Å²) in [5, 5.41) is 2.98. The number of amides is 1. The maximum absolute atomic E-state index is 12.1. The molecular formula is C17H23N3OS. The molecule has 0 fully saturated rings. The average Bonchev–Trinajstić information content (AvgIpc) is 2.85. The molecule has 0 radical (unpaired) electrons. The number of benzene rings is 1. The Morgan fingerprint density at radius 3 is 2.73 bits per heavy atom. The summed E-state index contributed by atoms with van der Waals surface area (Å²) in [6.07, 6.45) is 0.934. The van der Waals surface area contributed by atoms with E-state index in [2.05, 4.69) is 16.4 Å². The molecule has 118 valence electrons. The van der Waals surface area contributed by atoms with E-state index in [9.17, 15) is 4.79 Å². The lowest BCUT2D eigenvalue weighted by Crippen LogP contribution is -2.31. The Labute approximate surface area is 136 Å². The van der Waals surface area contributed by atoms with E-state index in [4.69, 9.17) is 0 Å². The van der Waals surface area contributed by atoms with Crippen LogP contribution >= 0.6 is 11.3 Å². The molecule has 0 aliphatic rings. The zero-order chi connectivity index (χ0) is 16.1. The van der Waals surface area contributed by atoms with Crippen molar-refractivity contribution >= 4 is 22.9 Å². The molecule has 1 aromatic carbocycles. The molecule has 0 atom stereocenters. The second-order valence-electron chi connectivity index (χ2n) is 5.72. The zero-order valence-corrected chi connectivity index (χ0v) is 14.5. The number of anilines is 1. The van der Waals surface area contributed by atoms with Gasteiger partial charge in [-0.3, -0.25) is 9.69 Å². The molecule has 2 rings (SSSR count). The first kappa shape index (κ1) is 16.6. The van der Waals surface area contributed by atoms with E-state index in [0.717, 1.165) is 29.9 Å². The number of hydrogen-bond donors (Lipinski definition) is 1. The molecule has 1 amide bonds. The van der Waals surface area contributed by atoms with Gasteiger partial charge in [-0.1, -0.05) is 17.7 Å². The lowest BCUT2D eigenvalue weighted by molar-refractivity contribution is -0.117. The summed E-state index contributed by atoms with van der Waals surface area (Å²) in [5.41, 5.74) is 6.15. The number of thiazole rings is 1. The Morgan fingerprint density at radius 1 is 1.32 bits per heavy atom. The summed E-state index contributed by atoms with van der Waals surface area (Å²) < 4.78 is 0. The summed E-state index contributed by atoms with van der Waals surface area (Å²) in [4.78, 5) is 19.7. The van der Waals surface area contributed by atoms with Crippen LogP contribution < -0.4 is 5.32 Å². The summed E-state index contributed by atoms with van der Waals surface area (Å²) in [7, 11) is 1.97. The minimum absolute atomic E-state index is 0.0236. The Hall–Kier alpha value is -1.72. The molecule has 1 N–H and O–H groups in total. The fourth-order valence-corrected chi connectivity index (χ4v) is 3.10. The summed E-state index contributed by atoms with van der Waals surface area (Å²) in [6, 6.07) is 6.05. The van der Waals surface area contributed by atoms with Crippen molar-refractivity contribution in [3.63, 3.8) is 0 Å². The van der Waals surface area contributed by atoms with Crippen LogP contribution in [0, 0.1) is 20.8 Å². The van der Waals surface area contributed by atoms with Crippen molar-refractivity contribution in [1.29, 1.82) is 0 Å². The molecule has 5 heteroatoms. The summed E-state index contributed by atoms with van der Waals surface area (Å²) >= 11 is 1.68. The van der Waals surface area contributed by atoms with Gasteiger partial charge < -0.3 is 5.32 Å². The van der Waals surface area contributed by atoms with Gasteiger partial charge in [-0.15, -0.1) is 11.3 Å². The van der Waals surface area contributed by atoms with Crippen molar-refractivity contribution in [2.45, 2.75) is 27.2 Å². The predicted molar refractivity (Wildman–Crippen MR) is 92.6 cm³/mol. The van der Waals surface area contributed by atoms with Gasteiger partial charge in [0.15, 0.2) is 0 Å². The minimum atomic E-state index is 0.0236. The number of carbonyl (C=O) groups excluding carboxylic acids is 1. The van der Waals surface area contributed by atoms with Gasteiger partial charge >= 0.3 is 0 Å². The number of nitrogens with zero attached hydrogens (tertiary/aromatic N) is 2. The van der Waals surface area contributed by atoms with E-state index in [0.29, 0.717) is 6.54 Å². The SMILES string of the molecule is Cc1ccc(NC(=O)CN(C)CCc2scnc2C)c(C)c1. The smallest absolute Gasteiger partial charge is 0.238 e. The van der Waals surface area contributed by atoms with Gasteiger partial charge in [-0.2, -0.15) is 0 Å². The molecule has 22 heavy (non-hydrogen) atoms. The molecule has 0 unspecified atom stereocenters. The van der Waals surface area contributed by atoms with Gasteiger partial charge in [0.2, 0.25) is 5.91 Å². The highest BCUT2D eigenvalue weighted by Gasteiger charge is 2.10. The van der Waals surface area contributed by atoms with E-state index < -0.39 is 0 Å². The Balaban J connectivity index is 1.82. The second kappa shape index (κ2) is 7.51.